The SMILES string of the molecule is CNc1ccnc(C(=O)Nc2ccc(C)c(N(C)C)c2)c1. The van der Waals surface area contributed by atoms with Gasteiger partial charge in [-0.05, 0) is 36.8 Å². The Labute approximate surface area is 125 Å². The quantitative estimate of drug-likeness (QED) is 0.906. The van der Waals surface area contributed by atoms with E-state index in [9.17, 15) is 4.79 Å². The lowest BCUT2D eigenvalue weighted by Crippen LogP contribution is -2.15. The molecule has 110 valence electrons. The van der Waals surface area contributed by atoms with Crippen molar-refractivity contribution in [1.29, 1.82) is 0 Å². The zero-order chi connectivity index (χ0) is 15.4. The number of anilines is 3. The zero-order valence-electron chi connectivity index (χ0n) is 12.8. The van der Waals surface area contributed by atoms with Crippen LogP contribution in [0.15, 0.2) is 36.5 Å². The predicted molar refractivity (Wildman–Crippen MR) is 87.2 cm³/mol. The van der Waals surface area contributed by atoms with Crippen molar-refractivity contribution in [3.63, 3.8) is 0 Å². The summed E-state index contributed by atoms with van der Waals surface area (Å²) >= 11 is 0. The molecule has 5 heteroatoms. The van der Waals surface area contributed by atoms with Crippen LogP contribution in [0.4, 0.5) is 17.1 Å². The standard InChI is InChI=1S/C16H20N4O/c1-11-5-6-13(10-15(11)20(3)4)19-16(21)14-9-12(17-2)7-8-18-14/h5-10H,1-4H3,(H,17,18)(H,19,21). The summed E-state index contributed by atoms with van der Waals surface area (Å²) in [6.45, 7) is 2.04. The smallest absolute Gasteiger partial charge is 0.274 e. The lowest BCUT2D eigenvalue weighted by atomic mass is 10.1. The summed E-state index contributed by atoms with van der Waals surface area (Å²) < 4.78 is 0. The fraction of sp³-hybridized carbons (Fsp3) is 0.250. The fourth-order valence-electron chi connectivity index (χ4n) is 2.07. The van der Waals surface area contributed by atoms with Crippen molar-refractivity contribution in [2.45, 2.75) is 6.92 Å². The van der Waals surface area contributed by atoms with Crippen LogP contribution in [0.25, 0.3) is 0 Å². The van der Waals surface area contributed by atoms with Crippen LogP contribution in [0.5, 0.6) is 0 Å². The summed E-state index contributed by atoms with van der Waals surface area (Å²) in [5, 5.41) is 5.87. The third-order valence-corrected chi connectivity index (χ3v) is 3.23. The average Bonchev–Trinajstić information content (AvgIpc) is 2.49. The van der Waals surface area contributed by atoms with Gasteiger partial charge in [-0.3, -0.25) is 9.78 Å². The van der Waals surface area contributed by atoms with Crippen LogP contribution in [0.2, 0.25) is 0 Å². The van der Waals surface area contributed by atoms with E-state index in [0.717, 1.165) is 22.6 Å². The molecule has 1 aromatic heterocycles. The largest absolute Gasteiger partial charge is 0.388 e. The molecule has 0 atom stereocenters. The predicted octanol–water partition coefficient (Wildman–Crippen LogP) is 2.75. The summed E-state index contributed by atoms with van der Waals surface area (Å²) in [4.78, 5) is 18.3. The molecule has 0 saturated heterocycles. The molecule has 0 saturated carbocycles. The molecule has 0 aliphatic heterocycles. The van der Waals surface area contributed by atoms with Gasteiger partial charge in [0.25, 0.3) is 5.91 Å². The molecule has 1 heterocycles. The first kappa shape index (κ1) is 14.8. The summed E-state index contributed by atoms with van der Waals surface area (Å²) in [5.41, 5.74) is 4.23. The number of benzene rings is 1. The van der Waals surface area contributed by atoms with Crippen molar-refractivity contribution in [1.82, 2.24) is 4.98 Å². The molecule has 1 amide bonds. The Morgan fingerprint density at radius 2 is 1.90 bits per heavy atom. The van der Waals surface area contributed by atoms with Gasteiger partial charge < -0.3 is 15.5 Å². The Bertz CT molecular complexity index is 652. The second kappa shape index (κ2) is 6.26. The topological polar surface area (TPSA) is 57.3 Å². The van der Waals surface area contributed by atoms with Gasteiger partial charge in [0.1, 0.15) is 5.69 Å². The van der Waals surface area contributed by atoms with Crippen molar-refractivity contribution in [2.24, 2.45) is 0 Å². The molecule has 21 heavy (non-hydrogen) atoms. The van der Waals surface area contributed by atoms with Crippen LogP contribution in [0.3, 0.4) is 0 Å². The molecule has 2 N–H and O–H groups in total. The van der Waals surface area contributed by atoms with Crippen LogP contribution in [0, 0.1) is 6.92 Å². The third-order valence-electron chi connectivity index (χ3n) is 3.23. The van der Waals surface area contributed by atoms with E-state index in [1.165, 1.54) is 0 Å². The van der Waals surface area contributed by atoms with Gasteiger partial charge in [-0.25, -0.2) is 0 Å². The molecule has 5 nitrogen and oxygen atoms in total. The maximum Gasteiger partial charge on any atom is 0.274 e. The van der Waals surface area contributed by atoms with E-state index in [4.69, 9.17) is 0 Å². The summed E-state index contributed by atoms with van der Waals surface area (Å²) in [6, 6.07) is 9.36. The first-order valence-electron chi connectivity index (χ1n) is 6.74. The highest BCUT2D eigenvalue weighted by atomic mass is 16.1. The van der Waals surface area contributed by atoms with E-state index < -0.39 is 0 Å². The first-order chi connectivity index (χ1) is 10.0. The van der Waals surface area contributed by atoms with E-state index in [0.29, 0.717) is 5.69 Å². The zero-order valence-corrected chi connectivity index (χ0v) is 12.8. The van der Waals surface area contributed by atoms with Crippen molar-refractivity contribution in [3.05, 3.63) is 47.8 Å². The Morgan fingerprint density at radius 3 is 2.57 bits per heavy atom. The van der Waals surface area contributed by atoms with Gasteiger partial charge in [-0.1, -0.05) is 6.07 Å². The summed E-state index contributed by atoms with van der Waals surface area (Å²) in [5.74, 6) is -0.222. The van der Waals surface area contributed by atoms with Gasteiger partial charge in [-0.15, -0.1) is 0 Å². The Kier molecular flexibility index (Phi) is 4.42. The number of carbonyl (C=O) groups is 1. The van der Waals surface area contributed by atoms with Crippen LogP contribution in [-0.2, 0) is 0 Å². The fourth-order valence-corrected chi connectivity index (χ4v) is 2.07. The number of carbonyl (C=O) groups excluding carboxylic acids is 1. The Hall–Kier alpha value is -2.56. The molecule has 0 radical (unpaired) electrons. The average molecular weight is 284 g/mol. The van der Waals surface area contributed by atoms with Crippen molar-refractivity contribution >= 4 is 23.0 Å². The van der Waals surface area contributed by atoms with E-state index >= 15 is 0 Å². The van der Waals surface area contributed by atoms with Gasteiger partial charge in [0.2, 0.25) is 0 Å². The Balaban J connectivity index is 2.21. The molecule has 0 spiro atoms. The molecule has 2 aromatic rings. The Morgan fingerprint density at radius 1 is 1.14 bits per heavy atom. The number of hydrogen-bond acceptors (Lipinski definition) is 4. The molecular weight excluding hydrogens is 264 g/mol. The molecule has 1 aromatic carbocycles. The number of pyridine rings is 1. The van der Waals surface area contributed by atoms with Crippen LogP contribution in [-0.4, -0.2) is 32.0 Å². The maximum atomic E-state index is 12.2. The maximum absolute atomic E-state index is 12.2. The minimum Gasteiger partial charge on any atom is -0.388 e. The van der Waals surface area contributed by atoms with Crippen LogP contribution >= 0.6 is 0 Å². The molecule has 0 aliphatic rings. The highest BCUT2D eigenvalue weighted by Crippen LogP contribution is 2.23. The molecular formula is C16H20N4O. The number of nitrogens with one attached hydrogen (secondary N) is 2. The highest BCUT2D eigenvalue weighted by Gasteiger charge is 2.10. The lowest BCUT2D eigenvalue weighted by Gasteiger charge is -2.17. The first-order valence-corrected chi connectivity index (χ1v) is 6.74. The summed E-state index contributed by atoms with van der Waals surface area (Å²) in [6.07, 6.45) is 1.61. The van der Waals surface area contributed by atoms with E-state index in [-0.39, 0.29) is 5.91 Å². The van der Waals surface area contributed by atoms with Gasteiger partial charge >= 0.3 is 0 Å². The second-order valence-corrected chi connectivity index (χ2v) is 5.03. The van der Waals surface area contributed by atoms with Gasteiger partial charge in [-0.2, -0.15) is 0 Å². The van der Waals surface area contributed by atoms with Crippen molar-refractivity contribution < 1.29 is 4.79 Å². The minimum absolute atomic E-state index is 0.222. The second-order valence-electron chi connectivity index (χ2n) is 5.03. The van der Waals surface area contributed by atoms with E-state index in [2.05, 4.69) is 15.6 Å². The lowest BCUT2D eigenvalue weighted by molar-refractivity contribution is 0.102. The number of amides is 1. The molecule has 0 fully saturated rings. The highest BCUT2D eigenvalue weighted by molar-refractivity contribution is 6.03. The molecule has 0 unspecified atom stereocenters. The van der Waals surface area contributed by atoms with Gasteiger partial charge in [0, 0.05) is 44.4 Å². The van der Waals surface area contributed by atoms with Crippen molar-refractivity contribution in [2.75, 3.05) is 36.7 Å². The van der Waals surface area contributed by atoms with Crippen LogP contribution in [0.1, 0.15) is 16.1 Å². The van der Waals surface area contributed by atoms with Gasteiger partial charge in [0.15, 0.2) is 0 Å². The number of hydrogen-bond donors (Lipinski definition) is 2. The number of nitrogens with zero attached hydrogens (tertiary/aromatic N) is 2. The van der Waals surface area contributed by atoms with Crippen LogP contribution < -0.4 is 15.5 Å². The molecule has 0 aliphatic carbocycles. The number of aromatic nitrogens is 1. The molecule has 2 rings (SSSR count). The monoisotopic (exact) mass is 284 g/mol. The third kappa shape index (κ3) is 3.51. The molecule has 0 bridgehead atoms. The van der Waals surface area contributed by atoms with Gasteiger partial charge in [0.05, 0.1) is 0 Å². The van der Waals surface area contributed by atoms with E-state index in [1.807, 2.05) is 50.2 Å². The van der Waals surface area contributed by atoms with Crippen molar-refractivity contribution in [3.8, 4) is 0 Å². The number of rotatable bonds is 4. The summed E-state index contributed by atoms with van der Waals surface area (Å²) in [7, 11) is 5.76. The normalized spacial score (nSPS) is 10.1. The number of aryl methyl sites for hydroxylation is 1. The van der Waals surface area contributed by atoms with E-state index in [1.54, 1.807) is 19.3 Å². The minimum atomic E-state index is -0.222.